The first-order chi connectivity index (χ1) is 6.56. The third kappa shape index (κ3) is 2.32. The second-order valence-electron chi connectivity index (χ2n) is 3.03. The summed E-state index contributed by atoms with van der Waals surface area (Å²) < 4.78 is 4.91. The molecule has 0 bridgehead atoms. The molecule has 1 saturated heterocycles. The fourth-order valence-electron chi connectivity index (χ4n) is 1.13. The van der Waals surface area contributed by atoms with E-state index in [1.807, 2.05) is 0 Å². The summed E-state index contributed by atoms with van der Waals surface area (Å²) in [5.41, 5.74) is 0. The molecule has 82 valence electrons. The maximum Gasteiger partial charge on any atom is 0.316 e. The minimum Gasteiger partial charge on any atom is -0.388 e. The van der Waals surface area contributed by atoms with Gasteiger partial charge in [-0.3, -0.25) is 0 Å². The average Bonchev–Trinajstić information content (AvgIpc) is 2.19. The summed E-state index contributed by atoms with van der Waals surface area (Å²) >= 11 is 0. The first-order valence-corrected chi connectivity index (χ1v) is 4.20. The number of aliphatic hydroxyl groups is 3. The van der Waals surface area contributed by atoms with Gasteiger partial charge in [0.1, 0.15) is 18.3 Å². The largest absolute Gasteiger partial charge is 0.388 e. The molecule has 0 aromatic carbocycles. The molecule has 0 aliphatic carbocycles. The Bertz CT molecular complexity index is 212. The van der Waals surface area contributed by atoms with E-state index in [-0.39, 0.29) is 6.61 Å². The van der Waals surface area contributed by atoms with Gasteiger partial charge >= 0.3 is 6.03 Å². The van der Waals surface area contributed by atoms with Crippen LogP contribution >= 0.6 is 0 Å². The lowest BCUT2D eigenvalue weighted by molar-refractivity contribution is -0.191. The molecule has 1 fully saturated rings. The van der Waals surface area contributed by atoms with Crippen molar-refractivity contribution in [1.82, 2.24) is 10.6 Å². The second-order valence-corrected chi connectivity index (χ2v) is 3.03. The molecule has 4 atom stereocenters. The van der Waals surface area contributed by atoms with Crippen LogP contribution in [0.2, 0.25) is 0 Å². The summed E-state index contributed by atoms with van der Waals surface area (Å²) in [5.74, 6) is 0. The van der Waals surface area contributed by atoms with Crippen molar-refractivity contribution in [3.63, 3.8) is 0 Å². The lowest BCUT2D eigenvalue weighted by Gasteiger charge is -2.35. The van der Waals surface area contributed by atoms with Crippen molar-refractivity contribution in [2.24, 2.45) is 0 Å². The van der Waals surface area contributed by atoms with E-state index < -0.39 is 30.6 Å². The molecule has 2 amide bonds. The number of nitrogens with one attached hydrogen (secondary N) is 2. The average molecular weight is 206 g/mol. The molecular weight excluding hydrogens is 192 g/mol. The molecule has 1 heterocycles. The normalized spacial score (nSPS) is 37.7. The number of aliphatic hydroxyl groups excluding tert-OH is 3. The van der Waals surface area contributed by atoms with Crippen LogP contribution in [0, 0.1) is 0 Å². The van der Waals surface area contributed by atoms with Crippen LogP contribution in [0.25, 0.3) is 0 Å². The highest BCUT2D eigenvalue weighted by atomic mass is 16.5. The number of carbonyl (C=O) groups excluding carboxylic acids is 1. The smallest absolute Gasteiger partial charge is 0.316 e. The third-order valence-electron chi connectivity index (χ3n) is 2.00. The fourth-order valence-corrected chi connectivity index (χ4v) is 1.13. The number of hydrogen-bond donors (Lipinski definition) is 5. The second kappa shape index (κ2) is 4.56. The molecular formula is C7H14N2O5. The van der Waals surface area contributed by atoms with E-state index in [2.05, 4.69) is 10.6 Å². The van der Waals surface area contributed by atoms with Gasteiger partial charge in [0.2, 0.25) is 0 Å². The Morgan fingerprint density at radius 1 is 1.36 bits per heavy atom. The number of hydrogen-bond acceptors (Lipinski definition) is 5. The Morgan fingerprint density at radius 3 is 2.57 bits per heavy atom. The van der Waals surface area contributed by atoms with E-state index in [4.69, 9.17) is 9.84 Å². The van der Waals surface area contributed by atoms with Crippen LogP contribution in [0.5, 0.6) is 0 Å². The van der Waals surface area contributed by atoms with Crippen LogP contribution in [0.15, 0.2) is 0 Å². The van der Waals surface area contributed by atoms with Crippen molar-refractivity contribution in [2.45, 2.75) is 24.5 Å². The van der Waals surface area contributed by atoms with E-state index in [1.54, 1.807) is 0 Å². The van der Waals surface area contributed by atoms with Crippen molar-refractivity contribution in [1.29, 1.82) is 0 Å². The highest BCUT2D eigenvalue weighted by Gasteiger charge is 2.38. The van der Waals surface area contributed by atoms with Gasteiger partial charge in [0.25, 0.3) is 0 Å². The maximum absolute atomic E-state index is 10.9. The quantitative estimate of drug-likeness (QED) is 0.322. The van der Waals surface area contributed by atoms with Crippen LogP contribution in [0.1, 0.15) is 0 Å². The monoisotopic (exact) mass is 206 g/mol. The SMILES string of the molecule is CNC(=O)N[C@H]1OC[C@@H](O)[C@@H](O)[C@H]1O. The summed E-state index contributed by atoms with van der Waals surface area (Å²) in [6.45, 7) is -0.132. The summed E-state index contributed by atoms with van der Waals surface area (Å²) in [7, 11) is 1.41. The van der Waals surface area contributed by atoms with Gasteiger partial charge in [-0.2, -0.15) is 0 Å². The van der Waals surface area contributed by atoms with Gasteiger partial charge < -0.3 is 30.7 Å². The first-order valence-electron chi connectivity index (χ1n) is 4.20. The van der Waals surface area contributed by atoms with Gasteiger partial charge in [-0.1, -0.05) is 0 Å². The van der Waals surface area contributed by atoms with Gasteiger partial charge in [-0.05, 0) is 0 Å². The number of urea groups is 1. The first kappa shape index (κ1) is 11.2. The van der Waals surface area contributed by atoms with Gasteiger partial charge in [0.15, 0.2) is 6.23 Å². The Morgan fingerprint density at radius 2 is 2.00 bits per heavy atom. The summed E-state index contributed by atoms with van der Waals surface area (Å²) in [5, 5.41) is 32.3. The standard InChI is InChI=1S/C7H14N2O5/c1-8-7(13)9-6-5(12)4(11)3(10)2-14-6/h3-6,10-12H,2H2,1H3,(H2,8,9,13)/t3-,4-,5-,6+/m1/s1. The van der Waals surface area contributed by atoms with E-state index in [9.17, 15) is 15.0 Å². The van der Waals surface area contributed by atoms with Gasteiger partial charge in [-0.25, -0.2) is 4.79 Å². The molecule has 0 aromatic rings. The highest BCUT2D eigenvalue weighted by molar-refractivity contribution is 5.73. The number of ether oxygens (including phenoxy) is 1. The molecule has 0 aromatic heterocycles. The van der Waals surface area contributed by atoms with E-state index in [0.29, 0.717) is 0 Å². The molecule has 0 saturated carbocycles. The minimum atomic E-state index is -1.34. The third-order valence-corrected chi connectivity index (χ3v) is 2.00. The van der Waals surface area contributed by atoms with Crippen molar-refractivity contribution < 1.29 is 24.9 Å². The molecule has 5 N–H and O–H groups in total. The predicted molar refractivity (Wildman–Crippen MR) is 45.4 cm³/mol. The van der Waals surface area contributed by atoms with Crippen molar-refractivity contribution >= 4 is 6.03 Å². The molecule has 7 nitrogen and oxygen atoms in total. The predicted octanol–water partition coefficient (Wildman–Crippen LogP) is -2.65. The van der Waals surface area contributed by atoms with Crippen LogP contribution in [-0.4, -0.2) is 59.5 Å². The topological polar surface area (TPSA) is 111 Å². The Labute approximate surface area is 80.7 Å². The Hall–Kier alpha value is -0.890. The van der Waals surface area contributed by atoms with Crippen LogP contribution in [0.3, 0.4) is 0 Å². The Balaban J connectivity index is 2.50. The molecule has 0 radical (unpaired) electrons. The fraction of sp³-hybridized carbons (Fsp3) is 0.857. The van der Waals surface area contributed by atoms with Crippen molar-refractivity contribution in [2.75, 3.05) is 13.7 Å². The van der Waals surface area contributed by atoms with Crippen molar-refractivity contribution in [3.05, 3.63) is 0 Å². The van der Waals surface area contributed by atoms with E-state index in [1.165, 1.54) is 7.05 Å². The molecule has 1 rings (SSSR count). The zero-order valence-corrected chi connectivity index (χ0v) is 7.67. The maximum atomic E-state index is 10.9. The molecule has 0 spiro atoms. The summed E-state index contributed by atoms with van der Waals surface area (Å²) in [6.07, 6.45) is -4.79. The van der Waals surface area contributed by atoms with Crippen molar-refractivity contribution in [3.8, 4) is 0 Å². The van der Waals surface area contributed by atoms with Crippen LogP contribution < -0.4 is 10.6 Å². The lowest BCUT2D eigenvalue weighted by atomic mass is 10.0. The summed E-state index contributed by atoms with van der Waals surface area (Å²) in [6, 6.07) is -0.530. The lowest BCUT2D eigenvalue weighted by Crippen LogP contribution is -2.59. The van der Waals surface area contributed by atoms with E-state index >= 15 is 0 Å². The number of carbonyl (C=O) groups is 1. The molecule has 14 heavy (non-hydrogen) atoms. The number of amides is 2. The van der Waals surface area contributed by atoms with Crippen LogP contribution in [-0.2, 0) is 4.74 Å². The number of rotatable bonds is 1. The Kier molecular flexibility index (Phi) is 3.64. The minimum absolute atomic E-state index is 0.132. The molecule has 1 aliphatic rings. The van der Waals surface area contributed by atoms with Gasteiger partial charge in [0.05, 0.1) is 6.61 Å². The molecule has 0 unspecified atom stereocenters. The highest BCUT2D eigenvalue weighted by Crippen LogP contribution is 2.13. The van der Waals surface area contributed by atoms with Gasteiger partial charge in [0, 0.05) is 7.05 Å². The van der Waals surface area contributed by atoms with Gasteiger partial charge in [-0.15, -0.1) is 0 Å². The zero-order valence-electron chi connectivity index (χ0n) is 7.67. The van der Waals surface area contributed by atoms with E-state index in [0.717, 1.165) is 0 Å². The zero-order chi connectivity index (χ0) is 10.7. The van der Waals surface area contributed by atoms with Crippen LogP contribution in [0.4, 0.5) is 4.79 Å². The molecule has 1 aliphatic heterocycles. The summed E-state index contributed by atoms with van der Waals surface area (Å²) in [4.78, 5) is 10.9. The molecule has 7 heteroatoms.